The maximum absolute atomic E-state index is 14.3. The Morgan fingerprint density at radius 1 is 0.952 bits per heavy atom. The van der Waals surface area contributed by atoms with Gasteiger partial charge in [-0.05, 0) is 42.5 Å². The first kappa shape index (κ1) is 14.1. The molecule has 0 saturated carbocycles. The third kappa shape index (κ3) is 2.94. The predicted octanol–water partition coefficient (Wildman–Crippen LogP) is 5.06. The molecule has 2 aromatic rings. The first-order valence-corrected chi connectivity index (χ1v) is 7.87. The largest absolute Gasteiger partial charge is 0.338 e. The lowest BCUT2D eigenvalue weighted by Gasteiger charge is -2.28. The number of hydrogen-bond donors (Lipinski definition) is 0. The number of hydrogen-bond acceptors (Lipinski definition) is 1. The zero-order valence-corrected chi connectivity index (χ0v) is 12.6. The quantitative estimate of drug-likeness (QED) is 0.758. The Bertz CT molecular complexity index is 561. The first-order valence-electron chi connectivity index (χ1n) is 7.87. The van der Waals surface area contributed by atoms with E-state index in [0.717, 1.165) is 19.3 Å². The Morgan fingerprint density at radius 3 is 2.00 bits per heavy atom. The van der Waals surface area contributed by atoms with Crippen LogP contribution in [0.5, 0.6) is 0 Å². The van der Waals surface area contributed by atoms with E-state index in [1.807, 2.05) is 19.1 Å². The summed E-state index contributed by atoms with van der Waals surface area (Å²) in [5.74, 6) is 0. The van der Waals surface area contributed by atoms with Gasteiger partial charge in [-0.2, -0.15) is 0 Å². The van der Waals surface area contributed by atoms with Crippen LogP contribution in [0.1, 0.15) is 30.9 Å². The highest BCUT2D eigenvalue weighted by atomic mass is 19.1. The fourth-order valence-corrected chi connectivity index (χ4v) is 3.17. The zero-order valence-electron chi connectivity index (χ0n) is 12.6. The molecule has 2 heteroatoms. The predicted molar refractivity (Wildman–Crippen MR) is 87.1 cm³/mol. The SMILES string of the molecule is CCCC(F)CN1c2ccccc2CCc2ccccc21. The van der Waals surface area contributed by atoms with E-state index in [0.29, 0.717) is 13.0 Å². The van der Waals surface area contributed by atoms with Crippen LogP contribution in [0, 0.1) is 0 Å². The molecule has 0 N–H and O–H groups in total. The summed E-state index contributed by atoms with van der Waals surface area (Å²) in [6.07, 6.45) is 2.77. The lowest BCUT2D eigenvalue weighted by Crippen LogP contribution is -2.26. The summed E-state index contributed by atoms with van der Waals surface area (Å²) in [4.78, 5) is 2.18. The summed E-state index contributed by atoms with van der Waals surface area (Å²) in [5, 5.41) is 0. The summed E-state index contributed by atoms with van der Waals surface area (Å²) >= 11 is 0. The number of benzene rings is 2. The number of para-hydroxylation sites is 2. The van der Waals surface area contributed by atoms with Crippen molar-refractivity contribution in [3.8, 4) is 0 Å². The van der Waals surface area contributed by atoms with Crippen molar-refractivity contribution in [2.24, 2.45) is 0 Å². The summed E-state index contributed by atoms with van der Waals surface area (Å²) in [6, 6.07) is 16.8. The third-order valence-corrected chi connectivity index (χ3v) is 4.21. The van der Waals surface area contributed by atoms with Crippen molar-refractivity contribution in [2.75, 3.05) is 11.4 Å². The van der Waals surface area contributed by atoms with Gasteiger partial charge < -0.3 is 4.90 Å². The average molecular weight is 283 g/mol. The van der Waals surface area contributed by atoms with Gasteiger partial charge in [0, 0.05) is 11.4 Å². The van der Waals surface area contributed by atoms with Crippen LogP contribution in [-0.2, 0) is 12.8 Å². The molecule has 1 aliphatic rings. The van der Waals surface area contributed by atoms with E-state index in [1.54, 1.807) is 0 Å². The van der Waals surface area contributed by atoms with Crippen LogP contribution in [0.3, 0.4) is 0 Å². The minimum Gasteiger partial charge on any atom is -0.338 e. The second-order valence-electron chi connectivity index (χ2n) is 5.75. The minimum absolute atomic E-state index is 0.446. The molecule has 1 aliphatic heterocycles. The van der Waals surface area contributed by atoms with Crippen LogP contribution in [-0.4, -0.2) is 12.7 Å². The van der Waals surface area contributed by atoms with E-state index >= 15 is 0 Å². The van der Waals surface area contributed by atoms with Gasteiger partial charge in [0.2, 0.25) is 0 Å². The van der Waals surface area contributed by atoms with E-state index < -0.39 is 6.17 Å². The van der Waals surface area contributed by atoms with Gasteiger partial charge in [-0.25, -0.2) is 4.39 Å². The molecule has 0 bridgehead atoms. The highest BCUT2D eigenvalue weighted by molar-refractivity contribution is 5.71. The average Bonchev–Trinajstić information content (AvgIpc) is 2.66. The van der Waals surface area contributed by atoms with E-state index in [1.165, 1.54) is 22.5 Å². The van der Waals surface area contributed by atoms with Crippen molar-refractivity contribution < 1.29 is 4.39 Å². The van der Waals surface area contributed by atoms with Crippen LogP contribution in [0.4, 0.5) is 15.8 Å². The van der Waals surface area contributed by atoms with Crippen LogP contribution >= 0.6 is 0 Å². The molecule has 0 saturated heterocycles. The lowest BCUT2D eigenvalue weighted by molar-refractivity contribution is 0.319. The van der Waals surface area contributed by atoms with E-state index in [4.69, 9.17) is 0 Å². The van der Waals surface area contributed by atoms with E-state index in [-0.39, 0.29) is 0 Å². The van der Waals surface area contributed by atoms with Crippen molar-refractivity contribution in [1.29, 1.82) is 0 Å². The third-order valence-electron chi connectivity index (χ3n) is 4.21. The number of alkyl halides is 1. The smallest absolute Gasteiger partial charge is 0.118 e. The summed E-state index contributed by atoms with van der Waals surface area (Å²) < 4.78 is 14.3. The van der Waals surface area contributed by atoms with Crippen LogP contribution in [0.15, 0.2) is 48.5 Å². The van der Waals surface area contributed by atoms with Crippen molar-refractivity contribution in [3.05, 3.63) is 59.7 Å². The van der Waals surface area contributed by atoms with Gasteiger partial charge >= 0.3 is 0 Å². The Morgan fingerprint density at radius 2 is 1.48 bits per heavy atom. The van der Waals surface area contributed by atoms with Crippen molar-refractivity contribution >= 4 is 11.4 Å². The molecule has 0 aliphatic carbocycles. The number of aryl methyl sites for hydroxylation is 2. The first-order chi connectivity index (χ1) is 10.3. The molecule has 0 spiro atoms. The molecule has 110 valence electrons. The van der Waals surface area contributed by atoms with Gasteiger partial charge in [-0.1, -0.05) is 49.7 Å². The molecule has 3 rings (SSSR count). The topological polar surface area (TPSA) is 3.24 Å². The van der Waals surface area contributed by atoms with Gasteiger partial charge in [0.1, 0.15) is 6.17 Å². The standard InChI is InChI=1S/C19H22FN/c1-2-7-17(20)14-21-18-10-5-3-8-15(18)12-13-16-9-4-6-11-19(16)21/h3-6,8-11,17H,2,7,12-14H2,1H3. The normalized spacial score (nSPS) is 15.0. The Balaban J connectivity index is 2.02. The van der Waals surface area contributed by atoms with Gasteiger partial charge in [-0.3, -0.25) is 0 Å². The number of halogens is 1. The molecular weight excluding hydrogens is 261 g/mol. The van der Waals surface area contributed by atoms with Crippen molar-refractivity contribution in [3.63, 3.8) is 0 Å². The summed E-state index contributed by atoms with van der Waals surface area (Å²) in [5.41, 5.74) is 4.97. The van der Waals surface area contributed by atoms with Gasteiger partial charge in [-0.15, -0.1) is 0 Å². The number of rotatable bonds is 4. The Hall–Kier alpha value is -1.83. The van der Waals surface area contributed by atoms with E-state index in [2.05, 4.69) is 41.3 Å². The fourth-order valence-electron chi connectivity index (χ4n) is 3.17. The van der Waals surface area contributed by atoms with Crippen LogP contribution in [0.25, 0.3) is 0 Å². The fraction of sp³-hybridized carbons (Fsp3) is 0.368. The number of nitrogens with zero attached hydrogens (tertiary/aromatic N) is 1. The summed E-state index contributed by atoms with van der Waals surface area (Å²) in [6.45, 7) is 2.48. The Kier molecular flexibility index (Phi) is 4.23. The summed E-state index contributed by atoms with van der Waals surface area (Å²) in [7, 11) is 0. The molecular formula is C19H22FN. The second-order valence-corrected chi connectivity index (χ2v) is 5.75. The number of fused-ring (bicyclic) bond motifs is 2. The molecule has 1 nitrogen and oxygen atoms in total. The van der Waals surface area contributed by atoms with Gasteiger partial charge in [0.05, 0.1) is 6.54 Å². The van der Waals surface area contributed by atoms with Crippen molar-refractivity contribution in [2.45, 2.75) is 38.8 Å². The number of anilines is 2. The molecule has 1 unspecified atom stereocenters. The highest BCUT2D eigenvalue weighted by Crippen LogP contribution is 2.36. The highest BCUT2D eigenvalue weighted by Gasteiger charge is 2.22. The van der Waals surface area contributed by atoms with E-state index in [9.17, 15) is 4.39 Å². The second kappa shape index (κ2) is 6.30. The van der Waals surface area contributed by atoms with Gasteiger partial charge in [0.15, 0.2) is 0 Å². The van der Waals surface area contributed by atoms with Gasteiger partial charge in [0.25, 0.3) is 0 Å². The molecule has 1 atom stereocenters. The zero-order chi connectivity index (χ0) is 14.7. The van der Waals surface area contributed by atoms with Crippen LogP contribution in [0.2, 0.25) is 0 Å². The molecule has 1 heterocycles. The van der Waals surface area contributed by atoms with Crippen molar-refractivity contribution in [1.82, 2.24) is 0 Å². The molecule has 0 aromatic heterocycles. The lowest BCUT2D eigenvalue weighted by atomic mass is 10.0. The molecule has 0 radical (unpaired) electrons. The minimum atomic E-state index is -0.783. The molecule has 0 amide bonds. The molecule has 0 fully saturated rings. The molecule has 2 aromatic carbocycles. The molecule has 21 heavy (non-hydrogen) atoms. The Labute approximate surface area is 126 Å². The maximum Gasteiger partial charge on any atom is 0.118 e. The van der Waals surface area contributed by atoms with Crippen LogP contribution < -0.4 is 4.90 Å². The maximum atomic E-state index is 14.3. The monoisotopic (exact) mass is 283 g/mol.